The van der Waals surface area contributed by atoms with Crippen molar-refractivity contribution >= 4 is 5.69 Å². The molecule has 0 spiro atoms. The summed E-state index contributed by atoms with van der Waals surface area (Å²) in [5.41, 5.74) is 3.62. The number of benzene rings is 4. The van der Waals surface area contributed by atoms with E-state index in [0.29, 0.717) is 0 Å². The lowest BCUT2D eigenvalue weighted by Gasteiger charge is -2.27. The van der Waals surface area contributed by atoms with E-state index < -0.39 is 0 Å². The molecule has 4 aromatic rings. The summed E-state index contributed by atoms with van der Waals surface area (Å²) >= 11 is 0. The third-order valence-electron chi connectivity index (χ3n) is 4.61. The summed E-state index contributed by atoms with van der Waals surface area (Å²) in [5.74, 6) is 1.70. The van der Waals surface area contributed by atoms with E-state index in [2.05, 4.69) is 77.7 Å². The monoisotopic (exact) mass is 365 g/mol. The van der Waals surface area contributed by atoms with Crippen molar-refractivity contribution in [1.29, 1.82) is 0 Å². The standard InChI is InChI=1S/C26H23NO/c1-4-12-22(13-5-1)20-27(21-23-14-6-2-7-15-23)25-18-10-11-19-26(25)28-24-16-8-3-9-17-24/h1-19H,20-21H2. The second kappa shape index (κ2) is 8.92. The van der Waals surface area contributed by atoms with Crippen LogP contribution in [0.25, 0.3) is 0 Å². The lowest BCUT2D eigenvalue weighted by atomic mass is 10.1. The fourth-order valence-corrected chi connectivity index (χ4v) is 3.25. The zero-order valence-electron chi connectivity index (χ0n) is 15.7. The van der Waals surface area contributed by atoms with Gasteiger partial charge in [-0.2, -0.15) is 0 Å². The normalized spacial score (nSPS) is 10.4. The zero-order chi connectivity index (χ0) is 19.0. The number of rotatable bonds is 7. The van der Waals surface area contributed by atoms with Crippen molar-refractivity contribution in [3.8, 4) is 11.5 Å². The minimum Gasteiger partial charge on any atom is -0.455 e. The minimum absolute atomic E-state index is 0.810. The Balaban J connectivity index is 1.67. The lowest BCUT2D eigenvalue weighted by molar-refractivity contribution is 0.481. The molecule has 2 nitrogen and oxygen atoms in total. The van der Waals surface area contributed by atoms with E-state index in [1.807, 2.05) is 42.5 Å². The van der Waals surface area contributed by atoms with Gasteiger partial charge in [-0.3, -0.25) is 0 Å². The molecule has 0 N–H and O–H groups in total. The number of ether oxygens (including phenoxy) is 1. The highest BCUT2D eigenvalue weighted by atomic mass is 16.5. The van der Waals surface area contributed by atoms with Crippen LogP contribution in [0.4, 0.5) is 5.69 Å². The van der Waals surface area contributed by atoms with Gasteiger partial charge < -0.3 is 9.64 Å². The molecule has 0 amide bonds. The number of hydrogen-bond donors (Lipinski definition) is 0. The van der Waals surface area contributed by atoms with Gasteiger partial charge in [-0.1, -0.05) is 91.0 Å². The number of anilines is 1. The first-order valence-electron chi connectivity index (χ1n) is 9.53. The van der Waals surface area contributed by atoms with Crippen molar-refractivity contribution in [2.75, 3.05) is 4.90 Å². The molecule has 0 aliphatic heterocycles. The van der Waals surface area contributed by atoms with E-state index in [-0.39, 0.29) is 0 Å². The first-order valence-corrected chi connectivity index (χ1v) is 9.53. The van der Waals surface area contributed by atoms with Crippen LogP contribution in [0.2, 0.25) is 0 Å². The van der Waals surface area contributed by atoms with E-state index in [1.165, 1.54) is 11.1 Å². The fourth-order valence-electron chi connectivity index (χ4n) is 3.25. The first kappa shape index (κ1) is 17.9. The predicted molar refractivity (Wildman–Crippen MR) is 116 cm³/mol. The molecular formula is C26H23NO. The summed E-state index contributed by atoms with van der Waals surface area (Å²) in [5, 5.41) is 0. The van der Waals surface area contributed by atoms with E-state index in [9.17, 15) is 0 Å². The van der Waals surface area contributed by atoms with Crippen LogP contribution in [0, 0.1) is 0 Å². The molecule has 28 heavy (non-hydrogen) atoms. The van der Waals surface area contributed by atoms with Gasteiger partial charge in [0.15, 0.2) is 5.75 Å². The Hall–Kier alpha value is -3.52. The maximum atomic E-state index is 6.22. The van der Waals surface area contributed by atoms with Crippen molar-refractivity contribution in [3.05, 3.63) is 126 Å². The molecule has 0 fully saturated rings. The average Bonchev–Trinajstić information content (AvgIpc) is 2.76. The van der Waals surface area contributed by atoms with Gasteiger partial charge in [0.1, 0.15) is 5.75 Å². The Morgan fingerprint density at radius 1 is 0.500 bits per heavy atom. The molecule has 4 aromatic carbocycles. The van der Waals surface area contributed by atoms with Gasteiger partial charge in [-0.15, -0.1) is 0 Å². The summed E-state index contributed by atoms with van der Waals surface area (Å²) in [7, 11) is 0. The minimum atomic E-state index is 0.810. The molecule has 4 rings (SSSR count). The van der Waals surface area contributed by atoms with Crippen molar-refractivity contribution in [2.24, 2.45) is 0 Å². The van der Waals surface area contributed by atoms with Crippen molar-refractivity contribution in [1.82, 2.24) is 0 Å². The van der Waals surface area contributed by atoms with Gasteiger partial charge in [-0.05, 0) is 35.4 Å². The molecule has 0 atom stereocenters. The molecule has 2 heteroatoms. The van der Waals surface area contributed by atoms with Gasteiger partial charge in [0.2, 0.25) is 0 Å². The maximum absolute atomic E-state index is 6.22. The summed E-state index contributed by atoms with van der Waals surface area (Å²) in [6, 6.07) is 39.3. The van der Waals surface area contributed by atoms with Gasteiger partial charge in [0.05, 0.1) is 5.69 Å². The highest BCUT2D eigenvalue weighted by molar-refractivity contribution is 5.60. The molecule has 0 aliphatic carbocycles. The average molecular weight is 365 g/mol. The highest BCUT2D eigenvalue weighted by Gasteiger charge is 2.14. The van der Waals surface area contributed by atoms with E-state index in [1.54, 1.807) is 0 Å². The van der Waals surface area contributed by atoms with Crippen molar-refractivity contribution in [2.45, 2.75) is 13.1 Å². The summed E-state index contributed by atoms with van der Waals surface area (Å²) < 4.78 is 6.22. The Kier molecular flexibility index (Phi) is 5.69. The molecule has 0 bridgehead atoms. The van der Waals surface area contributed by atoms with Crippen LogP contribution >= 0.6 is 0 Å². The highest BCUT2D eigenvalue weighted by Crippen LogP contribution is 2.34. The smallest absolute Gasteiger partial charge is 0.150 e. The van der Waals surface area contributed by atoms with Crippen LogP contribution in [0.3, 0.4) is 0 Å². The molecule has 0 heterocycles. The largest absolute Gasteiger partial charge is 0.455 e. The van der Waals surface area contributed by atoms with Gasteiger partial charge in [-0.25, -0.2) is 0 Å². The summed E-state index contributed by atoms with van der Waals surface area (Å²) in [4.78, 5) is 2.36. The van der Waals surface area contributed by atoms with Gasteiger partial charge in [0.25, 0.3) is 0 Å². The van der Waals surface area contributed by atoms with Crippen LogP contribution in [0.15, 0.2) is 115 Å². The van der Waals surface area contributed by atoms with Gasteiger partial charge >= 0.3 is 0 Å². The van der Waals surface area contributed by atoms with Crippen LogP contribution < -0.4 is 9.64 Å². The third-order valence-corrected chi connectivity index (χ3v) is 4.61. The number of nitrogens with zero attached hydrogens (tertiary/aromatic N) is 1. The SMILES string of the molecule is c1ccc(CN(Cc2ccccc2)c2ccccc2Oc2ccccc2)cc1. The molecule has 0 aliphatic rings. The van der Waals surface area contributed by atoms with Crippen LogP contribution in [-0.2, 0) is 13.1 Å². The quantitative estimate of drug-likeness (QED) is 0.362. The molecule has 0 radical (unpaired) electrons. The van der Waals surface area contributed by atoms with Crippen molar-refractivity contribution in [3.63, 3.8) is 0 Å². The fraction of sp³-hybridized carbons (Fsp3) is 0.0769. The van der Waals surface area contributed by atoms with Crippen LogP contribution in [0.1, 0.15) is 11.1 Å². The summed E-state index contributed by atoms with van der Waals surface area (Å²) in [6.07, 6.45) is 0. The topological polar surface area (TPSA) is 12.5 Å². The predicted octanol–water partition coefficient (Wildman–Crippen LogP) is 6.69. The second-order valence-corrected chi connectivity index (χ2v) is 6.71. The van der Waals surface area contributed by atoms with Gasteiger partial charge in [0, 0.05) is 13.1 Å². The zero-order valence-corrected chi connectivity index (χ0v) is 15.7. The van der Waals surface area contributed by atoms with E-state index >= 15 is 0 Å². The molecule has 0 saturated carbocycles. The molecule has 0 saturated heterocycles. The van der Waals surface area contributed by atoms with E-state index in [0.717, 1.165) is 30.3 Å². The molecular weight excluding hydrogens is 342 g/mol. The Bertz CT molecular complexity index is 943. The number of hydrogen-bond acceptors (Lipinski definition) is 2. The van der Waals surface area contributed by atoms with Crippen LogP contribution in [0.5, 0.6) is 11.5 Å². The van der Waals surface area contributed by atoms with Crippen molar-refractivity contribution < 1.29 is 4.74 Å². The van der Waals surface area contributed by atoms with E-state index in [4.69, 9.17) is 4.74 Å². The first-order chi connectivity index (χ1) is 13.9. The van der Waals surface area contributed by atoms with Crippen LogP contribution in [-0.4, -0.2) is 0 Å². The Morgan fingerprint density at radius 2 is 0.964 bits per heavy atom. The molecule has 0 unspecified atom stereocenters. The number of para-hydroxylation sites is 3. The second-order valence-electron chi connectivity index (χ2n) is 6.71. The third kappa shape index (κ3) is 4.60. The Labute approximate surface area is 166 Å². The summed E-state index contributed by atoms with van der Waals surface area (Å²) in [6.45, 7) is 1.62. The Morgan fingerprint density at radius 3 is 1.54 bits per heavy atom. The molecule has 138 valence electrons. The molecule has 0 aromatic heterocycles. The lowest BCUT2D eigenvalue weighted by Crippen LogP contribution is -2.22. The maximum Gasteiger partial charge on any atom is 0.150 e.